The molecule has 0 atom stereocenters. The number of aryl methyl sites for hydroxylation is 1. The number of nitrogens with zero attached hydrogens (tertiary/aromatic N) is 2. The second kappa shape index (κ2) is 4.38. The van der Waals surface area contributed by atoms with Gasteiger partial charge in [-0.1, -0.05) is 5.16 Å². The fraction of sp³-hybridized carbons (Fsp3) is 0.667. The summed E-state index contributed by atoms with van der Waals surface area (Å²) in [6.45, 7) is -0.112. The highest BCUT2D eigenvalue weighted by Gasteiger charge is 2.27. The maximum absolute atomic E-state index is 11.8. The maximum Gasteiger partial charge on any atom is 0.389 e. The smallest absolute Gasteiger partial charge is 0.337 e. The summed E-state index contributed by atoms with van der Waals surface area (Å²) < 4.78 is 39.8. The van der Waals surface area contributed by atoms with E-state index in [1.807, 2.05) is 0 Å². The number of hydrogen-bond donors (Lipinski definition) is 1. The molecule has 2 N–H and O–H groups in total. The van der Waals surface area contributed by atoms with Crippen LogP contribution in [0, 0.1) is 0 Å². The Morgan fingerprint density at radius 1 is 1.43 bits per heavy atom. The molecule has 0 amide bonds. The molecular weight excluding hydrogens is 203 g/mol. The number of alkyl halides is 3. The Labute approximate surface area is 77.0 Å². The second-order valence-electron chi connectivity index (χ2n) is 2.53. The van der Waals surface area contributed by atoms with E-state index < -0.39 is 12.6 Å². The quantitative estimate of drug-likeness (QED) is 0.750. The molecule has 0 fully saturated rings. The van der Waals surface area contributed by atoms with E-state index in [1.54, 1.807) is 0 Å². The third-order valence-corrected chi connectivity index (χ3v) is 1.35. The van der Waals surface area contributed by atoms with Gasteiger partial charge in [-0.05, 0) is 0 Å². The van der Waals surface area contributed by atoms with Crippen LogP contribution in [0.4, 0.5) is 13.2 Å². The molecule has 0 radical (unpaired) electrons. The SMILES string of the molecule is NOCc1nc(CCC(F)(F)F)no1. The van der Waals surface area contributed by atoms with Crippen LogP contribution in [-0.2, 0) is 17.9 Å². The van der Waals surface area contributed by atoms with Crippen LogP contribution in [0.15, 0.2) is 4.52 Å². The minimum absolute atomic E-state index is 0.00521. The van der Waals surface area contributed by atoms with Crippen molar-refractivity contribution < 1.29 is 22.5 Å². The molecule has 1 heterocycles. The topological polar surface area (TPSA) is 74.2 Å². The van der Waals surface area contributed by atoms with Gasteiger partial charge in [0.15, 0.2) is 5.82 Å². The van der Waals surface area contributed by atoms with Gasteiger partial charge in [-0.2, -0.15) is 18.2 Å². The van der Waals surface area contributed by atoms with Gasteiger partial charge in [-0.15, -0.1) is 0 Å². The lowest BCUT2D eigenvalue weighted by Crippen LogP contribution is -2.09. The van der Waals surface area contributed by atoms with Crippen molar-refractivity contribution in [2.24, 2.45) is 5.90 Å². The van der Waals surface area contributed by atoms with E-state index in [-0.39, 0.29) is 24.7 Å². The third-order valence-electron chi connectivity index (χ3n) is 1.35. The van der Waals surface area contributed by atoms with Crippen LogP contribution in [0.25, 0.3) is 0 Å². The van der Waals surface area contributed by atoms with Crippen LogP contribution in [0.3, 0.4) is 0 Å². The van der Waals surface area contributed by atoms with Gasteiger partial charge in [0.2, 0.25) is 0 Å². The Hall–Kier alpha value is -1.15. The molecule has 0 spiro atoms. The molecule has 0 saturated heterocycles. The molecule has 0 aliphatic heterocycles. The lowest BCUT2D eigenvalue weighted by Gasteiger charge is -2.01. The third kappa shape index (κ3) is 3.71. The molecule has 0 aromatic carbocycles. The molecule has 1 aromatic heterocycles. The maximum atomic E-state index is 11.8. The van der Waals surface area contributed by atoms with Gasteiger partial charge in [0.05, 0.1) is 6.42 Å². The van der Waals surface area contributed by atoms with Crippen molar-refractivity contribution >= 4 is 0 Å². The molecule has 1 rings (SSSR count). The zero-order valence-corrected chi connectivity index (χ0v) is 7.04. The number of halogens is 3. The largest absolute Gasteiger partial charge is 0.389 e. The first-order chi connectivity index (χ1) is 6.51. The number of aromatic nitrogens is 2. The Kier molecular flexibility index (Phi) is 3.42. The van der Waals surface area contributed by atoms with Crippen LogP contribution < -0.4 is 5.90 Å². The highest BCUT2D eigenvalue weighted by atomic mass is 19.4. The van der Waals surface area contributed by atoms with E-state index >= 15 is 0 Å². The van der Waals surface area contributed by atoms with Crippen LogP contribution in [0.2, 0.25) is 0 Å². The van der Waals surface area contributed by atoms with E-state index in [1.165, 1.54) is 0 Å². The lowest BCUT2D eigenvalue weighted by atomic mass is 10.3. The summed E-state index contributed by atoms with van der Waals surface area (Å²) in [5.41, 5.74) is 0. The van der Waals surface area contributed by atoms with Crippen molar-refractivity contribution in [3.8, 4) is 0 Å². The summed E-state index contributed by atoms with van der Waals surface area (Å²) in [4.78, 5) is 7.79. The van der Waals surface area contributed by atoms with E-state index in [2.05, 4.69) is 19.5 Å². The van der Waals surface area contributed by atoms with Gasteiger partial charge in [0.1, 0.15) is 6.61 Å². The standard InChI is InChI=1S/C6H8F3N3O2/c7-6(8,9)2-1-4-11-5(3-13-10)14-12-4/h1-3,10H2. The summed E-state index contributed by atoms with van der Waals surface area (Å²) >= 11 is 0. The first-order valence-electron chi connectivity index (χ1n) is 3.71. The molecule has 0 aliphatic rings. The first kappa shape index (κ1) is 10.9. The fourth-order valence-electron chi connectivity index (χ4n) is 0.775. The highest BCUT2D eigenvalue weighted by Crippen LogP contribution is 2.21. The Balaban J connectivity index is 2.44. The van der Waals surface area contributed by atoms with Crippen LogP contribution in [0.1, 0.15) is 18.1 Å². The highest BCUT2D eigenvalue weighted by molar-refractivity contribution is 4.85. The van der Waals surface area contributed by atoms with Crippen molar-refractivity contribution in [3.63, 3.8) is 0 Å². The van der Waals surface area contributed by atoms with E-state index in [0.29, 0.717) is 0 Å². The van der Waals surface area contributed by atoms with Crippen molar-refractivity contribution in [1.29, 1.82) is 0 Å². The van der Waals surface area contributed by atoms with Crippen LogP contribution in [0.5, 0.6) is 0 Å². The molecule has 14 heavy (non-hydrogen) atoms. The van der Waals surface area contributed by atoms with Gasteiger partial charge in [0.25, 0.3) is 5.89 Å². The Morgan fingerprint density at radius 2 is 2.14 bits per heavy atom. The predicted molar refractivity (Wildman–Crippen MR) is 37.7 cm³/mol. The van der Waals surface area contributed by atoms with Crippen molar-refractivity contribution in [2.75, 3.05) is 0 Å². The van der Waals surface area contributed by atoms with Gasteiger partial charge in [0, 0.05) is 6.42 Å². The minimum atomic E-state index is -4.22. The summed E-state index contributed by atoms with van der Waals surface area (Å²) in [5, 5.41) is 3.32. The number of rotatable bonds is 4. The van der Waals surface area contributed by atoms with Gasteiger partial charge >= 0.3 is 6.18 Å². The van der Waals surface area contributed by atoms with Crippen molar-refractivity contribution in [1.82, 2.24) is 10.1 Å². The summed E-state index contributed by atoms with van der Waals surface area (Å²) in [6, 6.07) is 0. The van der Waals surface area contributed by atoms with E-state index in [9.17, 15) is 13.2 Å². The fourth-order valence-corrected chi connectivity index (χ4v) is 0.775. The zero-order valence-electron chi connectivity index (χ0n) is 7.04. The molecule has 8 heteroatoms. The van der Waals surface area contributed by atoms with E-state index in [4.69, 9.17) is 5.90 Å². The number of hydrogen-bond acceptors (Lipinski definition) is 5. The number of nitrogens with two attached hydrogens (primary N) is 1. The second-order valence-corrected chi connectivity index (χ2v) is 2.53. The van der Waals surface area contributed by atoms with Crippen LogP contribution >= 0.6 is 0 Å². The molecule has 0 saturated carbocycles. The lowest BCUT2D eigenvalue weighted by molar-refractivity contribution is -0.134. The molecule has 0 bridgehead atoms. The average Bonchev–Trinajstić information content (AvgIpc) is 2.49. The minimum Gasteiger partial charge on any atom is -0.337 e. The van der Waals surface area contributed by atoms with Crippen LogP contribution in [-0.4, -0.2) is 16.3 Å². The molecule has 0 unspecified atom stereocenters. The summed E-state index contributed by atoms with van der Waals surface area (Å²) in [7, 11) is 0. The van der Waals surface area contributed by atoms with Crippen molar-refractivity contribution in [3.05, 3.63) is 11.7 Å². The zero-order chi connectivity index (χ0) is 10.6. The monoisotopic (exact) mass is 211 g/mol. The molecule has 0 aliphatic carbocycles. The molecule has 1 aromatic rings. The average molecular weight is 211 g/mol. The van der Waals surface area contributed by atoms with Gasteiger partial charge < -0.3 is 4.52 Å². The molecule has 80 valence electrons. The molecular formula is C6H8F3N3O2. The van der Waals surface area contributed by atoms with Gasteiger partial charge in [-0.25, -0.2) is 5.90 Å². The summed E-state index contributed by atoms with van der Waals surface area (Å²) in [6.07, 6.45) is -5.50. The Morgan fingerprint density at radius 3 is 2.71 bits per heavy atom. The summed E-state index contributed by atoms with van der Waals surface area (Å²) in [5.74, 6) is 4.76. The Bertz CT molecular complexity index is 286. The van der Waals surface area contributed by atoms with Gasteiger partial charge in [-0.3, -0.25) is 4.84 Å². The first-order valence-corrected chi connectivity index (χ1v) is 3.71. The predicted octanol–water partition coefficient (Wildman–Crippen LogP) is 0.955. The normalized spacial score (nSPS) is 12.0. The van der Waals surface area contributed by atoms with E-state index in [0.717, 1.165) is 0 Å². The molecule has 5 nitrogen and oxygen atoms in total. The van der Waals surface area contributed by atoms with Crippen molar-refractivity contribution in [2.45, 2.75) is 25.6 Å².